The molecule has 2 aromatic carbocycles. The third-order valence-electron chi connectivity index (χ3n) is 5.02. The molecule has 0 saturated heterocycles. The number of carbonyl (C=O) groups excluding carboxylic acids is 1. The number of nitrogens with one attached hydrogen (secondary N) is 1. The van der Waals surface area contributed by atoms with E-state index in [2.05, 4.69) is 64.2 Å². The fourth-order valence-electron chi connectivity index (χ4n) is 3.28. The second-order valence-corrected chi connectivity index (χ2v) is 7.49. The summed E-state index contributed by atoms with van der Waals surface area (Å²) in [6, 6.07) is 10.4. The molecule has 3 nitrogen and oxygen atoms in total. The predicted octanol–water partition coefficient (Wildman–Crippen LogP) is 5.16. The summed E-state index contributed by atoms with van der Waals surface area (Å²) in [7, 11) is 1.70. The Morgan fingerprint density at radius 2 is 1.65 bits per heavy atom. The van der Waals surface area contributed by atoms with Gasteiger partial charge in [0.05, 0.1) is 19.6 Å². The number of ether oxygens (including phenoxy) is 1. The molecule has 0 bridgehead atoms. The number of methoxy groups -OCH3 is 1. The van der Waals surface area contributed by atoms with Gasteiger partial charge in [0.1, 0.15) is 5.75 Å². The van der Waals surface area contributed by atoms with Crippen molar-refractivity contribution in [3.05, 3.63) is 63.7 Å². The Labute approximate surface area is 157 Å². The lowest BCUT2D eigenvalue weighted by atomic mass is 9.93. The van der Waals surface area contributed by atoms with Gasteiger partial charge in [0, 0.05) is 0 Å². The fourth-order valence-corrected chi connectivity index (χ4v) is 3.28. The van der Waals surface area contributed by atoms with Crippen molar-refractivity contribution in [2.24, 2.45) is 0 Å². The van der Waals surface area contributed by atoms with Gasteiger partial charge >= 0.3 is 0 Å². The standard InChI is InChI=1S/C23H31NO2/c1-14(2)20-13-21(17(5)11-22(20)26-7)18(6)24-23(25)12-19-9-8-15(3)16(4)10-19/h8-11,13-14,18H,12H2,1-7H3,(H,24,25)/t18-/m0/s1. The molecule has 0 aliphatic rings. The van der Waals surface area contributed by atoms with Crippen molar-refractivity contribution in [3.8, 4) is 5.75 Å². The van der Waals surface area contributed by atoms with Crippen LogP contribution in [-0.4, -0.2) is 13.0 Å². The molecule has 3 heteroatoms. The number of benzene rings is 2. The van der Waals surface area contributed by atoms with Crippen molar-refractivity contribution in [3.63, 3.8) is 0 Å². The average Bonchev–Trinajstić information content (AvgIpc) is 2.57. The molecule has 0 saturated carbocycles. The molecule has 2 aromatic rings. The summed E-state index contributed by atoms with van der Waals surface area (Å²) < 4.78 is 5.52. The lowest BCUT2D eigenvalue weighted by Crippen LogP contribution is -2.28. The van der Waals surface area contributed by atoms with Crippen molar-refractivity contribution >= 4 is 5.91 Å². The van der Waals surface area contributed by atoms with Crippen LogP contribution in [0.3, 0.4) is 0 Å². The highest BCUT2D eigenvalue weighted by Crippen LogP contribution is 2.32. The molecule has 0 aliphatic heterocycles. The number of hydrogen-bond acceptors (Lipinski definition) is 2. The summed E-state index contributed by atoms with van der Waals surface area (Å²) >= 11 is 0. The molecule has 1 atom stereocenters. The van der Waals surface area contributed by atoms with E-state index in [1.807, 2.05) is 13.0 Å². The molecule has 2 rings (SSSR count). The van der Waals surface area contributed by atoms with Crippen LogP contribution in [0.1, 0.15) is 66.1 Å². The minimum atomic E-state index is -0.0440. The van der Waals surface area contributed by atoms with Gasteiger partial charge in [-0.15, -0.1) is 0 Å². The number of hydrogen-bond donors (Lipinski definition) is 1. The van der Waals surface area contributed by atoms with E-state index in [-0.39, 0.29) is 11.9 Å². The Morgan fingerprint density at radius 3 is 2.23 bits per heavy atom. The highest BCUT2D eigenvalue weighted by molar-refractivity contribution is 5.79. The first-order valence-corrected chi connectivity index (χ1v) is 9.26. The molecular weight excluding hydrogens is 322 g/mol. The van der Waals surface area contributed by atoms with E-state index >= 15 is 0 Å². The van der Waals surface area contributed by atoms with Gasteiger partial charge in [-0.2, -0.15) is 0 Å². The molecule has 0 unspecified atom stereocenters. The Kier molecular flexibility index (Phi) is 6.47. The van der Waals surface area contributed by atoms with E-state index in [9.17, 15) is 4.79 Å². The van der Waals surface area contributed by atoms with Crippen molar-refractivity contribution in [2.75, 3.05) is 7.11 Å². The molecule has 0 aromatic heterocycles. The maximum atomic E-state index is 12.5. The molecule has 0 spiro atoms. The van der Waals surface area contributed by atoms with Gasteiger partial charge in [-0.1, -0.05) is 32.0 Å². The molecule has 0 aliphatic carbocycles. The normalized spacial score (nSPS) is 12.2. The Morgan fingerprint density at radius 1 is 0.962 bits per heavy atom. The Balaban J connectivity index is 2.15. The van der Waals surface area contributed by atoms with Gasteiger partial charge < -0.3 is 10.1 Å². The van der Waals surface area contributed by atoms with Crippen molar-refractivity contribution < 1.29 is 9.53 Å². The van der Waals surface area contributed by atoms with Crippen LogP contribution in [0.15, 0.2) is 30.3 Å². The summed E-state index contributed by atoms with van der Waals surface area (Å²) in [5, 5.41) is 3.14. The summed E-state index contributed by atoms with van der Waals surface area (Å²) in [6.45, 7) is 12.6. The molecule has 0 fully saturated rings. The zero-order valence-corrected chi connectivity index (χ0v) is 17.1. The third kappa shape index (κ3) is 4.66. The van der Waals surface area contributed by atoms with Gasteiger partial charge in [-0.25, -0.2) is 0 Å². The van der Waals surface area contributed by atoms with Crippen molar-refractivity contribution in [2.45, 2.75) is 59.9 Å². The molecule has 26 heavy (non-hydrogen) atoms. The first kappa shape index (κ1) is 20.0. The van der Waals surface area contributed by atoms with E-state index in [0.717, 1.165) is 22.4 Å². The fraction of sp³-hybridized carbons (Fsp3) is 0.435. The number of aryl methyl sites for hydroxylation is 3. The van der Waals surface area contributed by atoms with E-state index < -0.39 is 0 Å². The zero-order valence-electron chi connectivity index (χ0n) is 17.1. The van der Waals surface area contributed by atoms with Crippen LogP contribution in [0.5, 0.6) is 5.75 Å². The van der Waals surface area contributed by atoms with Crippen LogP contribution in [0, 0.1) is 20.8 Å². The first-order valence-electron chi connectivity index (χ1n) is 9.26. The van der Waals surface area contributed by atoms with Gasteiger partial charge in [0.2, 0.25) is 5.91 Å². The molecule has 1 amide bonds. The van der Waals surface area contributed by atoms with Crippen LogP contribution in [0.2, 0.25) is 0 Å². The summed E-state index contributed by atoms with van der Waals surface area (Å²) in [4.78, 5) is 12.5. The predicted molar refractivity (Wildman–Crippen MR) is 108 cm³/mol. The highest BCUT2D eigenvalue weighted by Gasteiger charge is 2.17. The number of rotatable bonds is 6. The minimum Gasteiger partial charge on any atom is -0.496 e. The van der Waals surface area contributed by atoms with Crippen LogP contribution in [0.25, 0.3) is 0 Å². The minimum absolute atomic E-state index is 0.0436. The first-order chi connectivity index (χ1) is 12.2. The topological polar surface area (TPSA) is 38.3 Å². The monoisotopic (exact) mass is 353 g/mol. The van der Waals surface area contributed by atoms with Gasteiger partial charge in [0.15, 0.2) is 0 Å². The van der Waals surface area contributed by atoms with E-state index in [0.29, 0.717) is 12.3 Å². The molecule has 0 heterocycles. The lowest BCUT2D eigenvalue weighted by molar-refractivity contribution is -0.121. The SMILES string of the molecule is COc1cc(C)c([C@H](C)NC(=O)Cc2ccc(C)c(C)c2)cc1C(C)C. The van der Waals surface area contributed by atoms with Crippen LogP contribution in [0.4, 0.5) is 0 Å². The molecular formula is C23H31NO2. The summed E-state index contributed by atoms with van der Waals surface area (Å²) in [5.41, 5.74) is 6.96. The second kappa shape index (κ2) is 8.39. The quantitative estimate of drug-likeness (QED) is 0.778. The van der Waals surface area contributed by atoms with Crippen LogP contribution in [-0.2, 0) is 11.2 Å². The summed E-state index contributed by atoms with van der Waals surface area (Å²) in [5.74, 6) is 1.32. The highest BCUT2D eigenvalue weighted by atomic mass is 16.5. The van der Waals surface area contributed by atoms with E-state index in [1.165, 1.54) is 16.7 Å². The number of amides is 1. The largest absolute Gasteiger partial charge is 0.496 e. The second-order valence-electron chi connectivity index (χ2n) is 7.49. The summed E-state index contributed by atoms with van der Waals surface area (Å²) in [6.07, 6.45) is 0.400. The maximum absolute atomic E-state index is 12.5. The molecule has 140 valence electrons. The Bertz CT molecular complexity index is 793. The van der Waals surface area contributed by atoms with Crippen LogP contribution >= 0.6 is 0 Å². The number of carbonyl (C=O) groups is 1. The average molecular weight is 354 g/mol. The molecule has 0 radical (unpaired) electrons. The lowest BCUT2D eigenvalue weighted by Gasteiger charge is -2.21. The smallest absolute Gasteiger partial charge is 0.224 e. The third-order valence-corrected chi connectivity index (χ3v) is 5.02. The van der Waals surface area contributed by atoms with E-state index in [1.54, 1.807) is 7.11 Å². The van der Waals surface area contributed by atoms with Gasteiger partial charge in [0.25, 0.3) is 0 Å². The van der Waals surface area contributed by atoms with Crippen LogP contribution < -0.4 is 10.1 Å². The van der Waals surface area contributed by atoms with E-state index in [4.69, 9.17) is 4.74 Å². The van der Waals surface area contributed by atoms with Crippen molar-refractivity contribution in [1.29, 1.82) is 0 Å². The Hall–Kier alpha value is -2.29. The van der Waals surface area contributed by atoms with Gasteiger partial charge in [-0.3, -0.25) is 4.79 Å². The zero-order chi connectivity index (χ0) is 19.4. The maximum Gasteiger partial charge on any atom is 0.224 e. The molecule has 1 N–H and O–H groups in total. The van der Waals surface area contributed by atoms with Crippen molar-refractivity contribution in [1.82, 2.24) is 5.32 Å². The van der Waals surface area contributed by atoms with Gasteiger partial charge in [-0.05, 0) is 79.1 Å².